The average molecular weight is 246 g/mol. The van der Waals surface area contributed by atoms with Crippen molar-refractivity contribution in [3.8, 4) is 11.4 Å². The van der Waals surface area contributed by atoms with E-state index in [-0.39, 0.29) is 11.4 Å². The van der Waals surface area contributed by atoms with Crippen LogP contribution in [0.3, 0.4) is 0 Å². The lowest BCUT2D eigenvalue weighted by Crippen LogP contribution is -2.04. The lowest BCUT2D eigenvalue weighted by Gasteiger charge is -2.05. The summed E-state index contributed by atoms with van der Waals surface area (Å²) in [6, 6.07) is 4.67. The third-order valence-corrected chi connectivity index (χ3v) is 2.64. The van der Waals surface area contributed by atoms with Gasteiger partial charge in [-0.25, -0.2) is 19.2 Å². The second-order valence-corrected chi connectivity index (χ2v) is 3.96. The predicted molar refractivity (Wildman–Crippen MR) is 63.9 cm³/mol. The number of carboxylic acid groups (broad SMARTS) is 1. The van der Waals surface area contributed by atoms with E-state index in [1.54, 1.807) is 26.0 Å². The van der Waals surface area contributed by atoms with Crippen molar-refractivity contribution in [3.05, 3.63) is 47.0 Å². The SMILES string of the molecule is Cc1ccc(-c2ncc(C(=O)O)c(C)n2)cc1F. The third kappa shape index (κ3) is 2.20. The lowest BCUT2D eigenvalue weighted by atomic mass is 10.1. The van der Waals surface area contributed by atoms with Crippen LogP contribution in [-0.2, 0) is 0 Å². The first-order valence-electron chi connectivity index (χ1n) is 5.32. The van der Waals surface area contributed by atoms with Crippen LogP contribution < -0.4 is 0 Å². The number of aryl methyl sites for hydroxylation is 2. The van der Waals surface area contributed by atoms with E-state index >= 15 is 0 Å². The van der Waals surface area contributed by atoms with Gasteiger partial charge in [-0.15, -0.1) is 0 Å². The Balaban J connectivity index is 2.48. The molecule has 92 valence electrons. The summed E-state index contributed by atoms with van der Waals surface area (Å²) in [5.41, 5.74) is 1.47. The molecule has 2 rings (SSSR count). The first-order valence-corrected chi connectivity index (χ1v) is 5.32. The molecule has 0 spiro atoms. The molecule has 0 fully saturated rings. The summed E-state index contributed by atoms with van der Waals surface area (Å²) < 4.78 is 13.4. The highest BCUT2D eigenvalue weighted by atomic mass is 19.1. The van der Waals surface area contributed by atoms with E-state index in [2.05, 4.69) is 9.97 Å². The van der Waals surface area contributed by atoms with Crippen LogP contribution in [0.1, 0.15) is 21.6 Å². The third-order valence-electron chi connectivity index (χ3n) is 2.64. The van der Waals surface area contributed by atoms with Crippen molar-refractivity contribution < 1.29 is 14.3 Å². The highest BCUT2D eigenvalue weighted by Crippen LogP contribution is 2.19. The molecule has 0 amide bonds. The van der Waals surface area contributed by atoms with E-state index in [0.717, 1.165) is 0 Å². The van der Waals surface area contributed by atoms with Crippen molar-refractivity contribution in [2.24, 2.45) is 0 Å². The van der Waals surface area contributed by atoms with Crippen molar-refractivity contribution in [1.82, 2.24) is 9.97 Å². The number of hydrogen-bond acceptors (Lipinski definition) is 3. The standard InChI is InChI=1S/C13H11FN2O2/c1-7-3-4-9(5-11(7)14)12-15-6-10(13(17)18)8(2)16-12/h3-6H,1-2H3,(H,17,18). The Bertz CT molecular complexity index is 626. The zero-order valence-electron chi connectivity index (χ0n) is 9.94. The number of hydrogen-bond donors (Lipinski definition) is 1. The van der Waals surface area contributed by atoms with Crippen LogP contribution in [0.15, 0.2) is 24.4 Å². The second kappa shape index (κ2) is 4.52. The van der Waals surface area contributed by atoms with Gasteiger partial charge in [0.15, 0.2) is 5.82 Å². The molecular formula is C13H11FN2O2. The van der Waals surface area contributed by atoms with Gasteiger partial charge < -0.3 is 5.11 Å². The fourth-order valence-electron chi connectivity index (χ4n) is 1.55. The second-order valence-electron chi connectivity index (χ2n) is 3.96. The average Bonchev–Trinajstić information content (AvgIpc) is 2.32. The van der Waals surface area contributed by atoms with E-state index in [1.807, 2.05) is 0 Å². The van der Waals surface area contributed by atoms with Gasteiger partial charge in [0.25, 0.3) is 0 Å². The van der Waals surface area contributed by atoms with Gasteiger partial charge in [-0.1, -0.05) is 12.1 Å². The zero-order valence-corrected chi connectivity index (χ0v) is 9.94. The van der Waals surface area contributed by atoms with Crippen molar-refractivity contribution in [2.75, 3.05) is 0 Å². The number of nitrogens with zero attached hydrogens (tertiary/aromatic N) is 2. The van der Waals surface area contributed by atoms with Gasteiger partial charge in [0.1, 0.15) is 5.82 Å². The van der Waals surface area contributed by atoms with E-state index in [1.165, 1.54) is 12.3 Å². The molecule has 0 aliphatic rings. The minimum Gasteiger partial charge on any atom is -0.478 e. The first-order chi connectivity index (χ1) is 8.49. The highest BCUT2D eigenvalue weighted by molar-refractivity contribution is 5.88. The summed E-state index contributed by atoms with van der Waals surface area (Å²) in [5, 5.41) is 8.87. The number of carbonyl (C=O) groups is 1. The van der Waals surface area contributed by atoms with Gasteiger partial charge in [0, 0.05) is 11.8 Å². The number of benzene rings is 1. The molecule has 18 heavy (non-hydrogen) atoms. The van der Waals surface area contributed by atoms with Gasteiger partial charge in [0.2, 0.25) is 0 Å². The number of aromatic nitrogens is 2. The first kappa shape index (κ1) is 12.2. The molecule has 0 atom stereocenters. The predicted octanol–water partition coefficient (Wildman–Crippen LogP) is 2.60. The van der Waals surface area contributed by atoms with Gasteiger partial charge in [0.05, 0.1) is 11.3 Å². The normalized spacial score (nSPS) is 10.4. The molecule has 1 aromatic carbocycles. The number of carboxylic acids is 1. The molecule has 1 heterocycles. The number of halogens is 1. The van der Waals surface area contributed by atoms with Gasteiger partial charge in [-0.3, -0.25) is 0 Å². The molecule has 1 N–H and O–H groups in total. The summed E-state index contributed by atoms with van der Waals surface area (Å²) >= 11 is 0. The van der Waals surface area contributed by atoms with Crippen molar-refractivity contribution >= 4 is 5.97 Å². The van der Waals surface area contributed by atoms with Crippen LogP contribution in [0.4, 0.5) is 4.39 Å². The molecule has 0 unspecified atom stereocenters. The summed E-state index contributed by atoms with van der Waals surface area (Å²) in [6.07, 6.45) is 1.23. The summed E-state index contributed by atoms with van der Waals surface area (Å²) in [6.45, 7) is 3.25. The van der Waals surface area contributed by atoms with Gasteiger partial charge >= 0.3 is 5.97 Å². The molecule has 1 aromatic heterocycles. The molecule has 5 heteroatoms. The maximum atomic E-state index is 13.4. The molecule has 0 radical (unpaired) electrons. The van der Waals surface area contributed by atoms with E-state index < -0.39 is 5.97 Å². The van der Waals surface area contributed by atoms with E-state index in [4.69, 9.17) is 5.11 Å². The van der Waals surface area contributed by atoms with Crippen molar-refractivity contribution in [3.63, 3.8) is 0 Å². The summed E-state index contributed by atoms with van der Waals surface area (Å²) in [5.74, 6) is -1.10. The Kier molecular flexibility index (Phi) is 3.06. The molecule has 0 aliphatic carbocycles. The number of aromatic carboxylic acids is 1. The Morgan fingerprint density at radius 2 is 2.06 bits per heavy atom. The minimum atomic E-state index is -1.07. The molecule has 2 aromatic rings. The number of rotatable bonds is 2. The molecule has 0 saturated heterocycles. The Morgan fingerprint density at radius 1 is 1.33 bits per heavy atom. The smallest absolute Gasteiger partial charge is 0.339 e. The summed E-state index contributed by atoms with van der Waals surface area (Å²) in [4.78, 5) is 18.8. The minimum absolute atomic E-state index is 0.0475. The zero-order chi connectivity index (χ0) is 13.3. The maximum Gasteiger partial charge on any atom is 0.339 e. The summed E-state index contributed by atoms with van der Waals surface area (Å²) in [7, 11) is 0. The van der Waals surface area contributed by atoms with Crippen LogP contribution in [0, 0.1) is 19.7 Å². The fraction of sp³-hybridized carbons (Fsp3) is 0.154. The van der Waals surface area contributed by atoms with Crippen LogP contribution >= 0.6 is 0 Å². The van der Waals surface area contributed by atoms with Crippen LogP contribution in [0.2, 0.25) is 0 Å². The molecular weight excluding hydrogens is 235 g/mol. The van der Waals surface area contributed by atoms with Crippen molar-refractivity contribution in [1.29, 1.82) is 0 Å². The van der Waals surface area contributed by atoms with Gasteiger partial charge in [-0.05, 0) is 25.5 Å². The van der Waals surface area contributed by atoms with Crippen molar-refractivity contribution in [2.45, 2.75) is 13.8 Å². The molecule has 0 aliphatic heterocycles. The topological polar surface area (TPSA) is 63.1 Å². The van der Waals surface area contributed by atoms with E-state index in [0.29, 0.717) is 22.6 Å². The molecule has 4 nitrogen and oxygen atoms in total. The fourth-order valence-corrected chi connectivity index (χ4v) is 1.55. The molecule has 0 bridgehead atoms. The van der Waals surface area contributed by atoms with Crippen LogP contribution in [0.5, 0.6) is 0 Å². The quantitative estimate of drug-likeness (QED) is 0.884. The van der Waals surface area contributed by atoms with Gasteiger partial charge in [-0.2, -0.15) is 0 Å². The highest BCUT2D eigenvalue weighted by Gasteiger charge is 2.11. The van der Waals surface area contributed by atoms with Crippen LogP contribution in [0.25, 0.3) is 11.4 Å². The Morgan fingerprint density at radius 3 is 2.61 bits per heavy atom. The maximum absolute atomic E-state index is 13.4. The van der Waals surface area contributed by atoms with Crippen LogP contribution in [-0.4, -0.2) is 21.0 Å². The lowest BCUT2D eigenvalue weighted by molar-refractivity contribution is 0.0695. The van der Waals surface area contributed by atoms with E-state index in [9.17, 15) is 9.18 Å². The monoisotopic (exact) mass is 246 g/mol. The Labute approximate surface area is 103 Å². The molecule has 0 saturated carbocycles. The Hall–Kier alpha value is -2.30. The largest absolute Gasteiger partial charge is 0.478 e.